The molecule has 0 aromatic rings. The Labute approximate surface area is 94.2 Å². The summed E-state index contributed by atoms with van der Waals surface area (Å²) in [6, 6.07) is 0.160. The Kier molecular flexibility index (Phi) is 3.23. The first kappa shape index (κ1) is 11.2. The molecule has 2 atom stereocenters. The number of carboxylic acid groups (broad SMARTS) is 1. The molecule has 0 saturated carbocycles. The Balaban J connectivity index is 2.14. The average molecular weight is 230 g/mol. The number of hydrogen-bond donors (Lipinski definition) is 2. The molecule has 0 spiro atoms. The number of aliphatic carboxylic acids is 1. The van der Waals surface area contributed by atoms with Crippen LogP contribution in [0.1, 0.15) is 19.3 Å². The number of rotatable bonds is 2. The van der Waals surface area contributed by atoms with Crippen LogP contribution in [0, 0.1) is 0 Å². The van der Waals surface area contributed by atoms with E-state index in [0.29, 0.717) is 0 Å². The van der Waals surface area contributed by atoms with Gasteiger partial charge in [0.05, 0.1) is 0 Å². The van der Waals surface area contributed by atoms with E-state index in [1.165, 1.54) is 0 Å². The fourth-order valence-corrected chi connectivity index (χ4v) is 3.79. The highest BCUT2D eigenvalue weighted by Gasteiger charge is 2.47. The predicted octanol–water partition coefficient (Wildman–Crippen LogP) is 0.370. The van der Waals surface area contributed by atoms with E-state index in [2.05, 4.69) is 4.90 Å². The highest BCUT2D eigenvalue weighted by Crippen LogP contribution is 2.34. The highest BCUT2D eigenvalue weighted by atomic mass is 32.2. The second kappa shape index (κ2) is 4.31. The number of nitrogens with two attached hydrogens (primary N) is 1. The summed E-state index contributed by atoms with van der Waals surface area (Å²) >= 11 is 1.75. The lowest BCUT2D eigenvalue weighted by atomic mass is 9.93. The van der Waals surface area contributed by atoms with Crippen LogP contribution in [0.25, 0.3) is 0 Å². The Morgan fingerprint density at radius 2 is 2.40 bits per heavy atom. The monoisotopic (exact) mass is 230 g/mol. The summed E-state index contributed by atoms with van der Waals surface area (Å²) in [5.74, 6) is 1.15. The maximum Gasteiger partial charge on any atom is 0.324 e. The van der Waals surface area contributed by atoms with Crippen LogP contribution in [0.5, 0.6) is 0 Å². The van der Waals surface area contributed by atoms with Gasteiger partial charge in [-0.3, -0.25) is 9.69 Å². The van der Waals surface area contributed by atoms with Gasteiger partial charge in [-0.1, -0.05) is 0 Å². The molecule has 2 aliphatic rings. The largest absolute Gasteiger partial charge is 0.480 e. The summed E-state index contributed by atoms with van der Waals surface area (Å²) in [4.78, 5) is 13.6. The molecule has 2 heterocycles. The first-order chi connectivity index (χ1) is 7.15. The smallest absolute Gasteiger partial charge is 0.324 e. The third-order valence-corrected chi connectivity index (χ3v) is 4.71. The topological polar surface area (TPSA) is 66.6 Å². The van der Waals surface area contributed by atoms with Crippen molar-refractivity contribution >= 4 is 17.7 Å². The number of carboxylic acids is 1. The second-order valence-corrected chi connectivity index (χ2v) is 5.59. The second-order valence-electron chi connectivity index (χ2n) is 4.49. The van der Waals surface area contributed by atoms with Crippen molar-refractivity contribution in [3.8, 4) is 0 Å². The number of nitrogens with zero attached hydrogens (tertiary/aromatic N) is 1. The van der Waals surface area contributed by atoms with Crippen LogP contribution in [0.2, 0.25) is 0 Å². The van der Waals surface area contributed by atoms with Gasteiger partial charge >= 0.3 is 5.97 Å². The van der Waals surface area contributed by atoms with Gasteiger partial charge in [0.2, 0.25) is 0 Å². The van der Waals surface area contributed by atoms with E-state index in [-0.39, 0.29) is 6.04 Å². The first-order valence-electron chi connectivity index (χ1n) is 5.47. The quantitative estimate of drug-likeness (QED) is 0.717. The SMILES string of the molecule is NC1CCN(C2(C(=O)O)CCCSC2)C1. The molecule has 0 radical (unpaired) electrons. The molecule has 3 N–H and O–H groups in total. The number of hydrogen-bond acceptors (Lipinski definition) is 4. The highest BCUT2D eigenvalue weighted by molar-refractivity contribution is 7.99. The van der Waals surface area contributed by atoms with Crippen LogP contribution >= 0.6 is 11.8 Å². The summed E-state index contributed by atoms with van der Waals surface area (Å²) in [6.45, 7) is 1.58. The van der Waals surface area contributed by atoms with Gasteiger partial charge in [0, 0.05) is 24.9 Å². The lowest BCUT2D eigenvalue weighted by Crippen LogP contribution is -2.57. The summed E-state index contributed by atoms with van der Waals surface area (Å²) < 4.78 is 0. The molecule has 0 aliphatic carbocycles. The number of likely N-dealkylation sites (tertiary alicyclic amines) is 1. The molecule has 4 nitrogen and oxygen atoms in total. The maximum atomic E-state index is 11.5. The molecule has 2 saturated heterocycles. The third-order valence-electron chi connectivity index (χ3n) is 3.45. The van der Waals surface area contributed by atoms with E-state index in [4.69, 9.17) is 5.73 Å². The Morgan fingerprint density at radius 3 is 2.87 bits per heavy atom. The number of carbonyl (C=O) groups is 1. The molecular formula is C10H18N2O2S. The lowest BCUT2D eigenvalue weighted by Gasteiger charge is -2.40. The third kappa shape index (κ3) is 2.00. The Morgan fingerprint density at radius 1 is 1.60 bits per heavy atom. The molecule has 0 aromatic carbocycles. The van der Waals surface area contributed by atoms with Gasteiger partial charge in [-0.2, -0.15) is 11.8 Å². The van der Waals surface area contributed by atoms with Crippen LogP contribution < -0.4 is 5.73 Å². The Bertz CT molecular complexity index is 254. The minimum absolute atomic E-state index is 0.160. The van der Waals surface area contributed by atoms with Gasteiger partial charge in [-0.05, 0) is 25.0 Å². The molecule has 2 aliphatic heterocycles. The van der Waals surface area contributed by atoms with E-state index < -0.39 is 11.5 Å². The average Bonchev–Trinajstić information content (AvgIpc) is 2.66. The van der Waals surface area contributed by atoms with Crippen molar-refractivity contribution in [2.45, 2.75) is 30.8 Å². The van der Waals surface area contributed by atoms with Crippen molar-refractivity contribution in [1.82, 2.24) is 4.90 Å². The van der Waals surface area contributed by atoms with Gasteiger partial charge in [0.1, 0.15) is 5.54 Å². The summed E-state index contributed by atoms with van der Waals surface area (Å²) in [7, 11) is 0. The number of thioether (sulfide) groups is 1. The molecule has 2 fully saturated rings. The molecule has 15 heavy (non-hydrogen) atoms. The zero-order valence-electron chi connectivity index (χ0n) is 8.82. The zero-order valence-corrected chi connectivity index (χ0v) is 9.63. The minimum atomic E-state index is -0.663. The Hall–Kier alpha value is -0.260. The van der Waals surface area contributed by atoms with Crippen molar-refractivity contribution < 1.29 is 9.90 Å². The summed E-state index contributed by atoms with van der Waals surface area (Å²) in [6.07, 6.45) is 2.71. The van der Waals surface area contributed by atoms with E-state index in [1.807, 2.05) is 0 Å². The predicted molar refractivity (Wildman–Crippen MR) is 61.1 cm³/mol. The van der Waals surface area contributed by atoms with E-state index in [1.54, 1.807) is 11.8 Å². The maximum absolute atomic E-state index is 11.5. The molecular weight excluding hydrogens is 212 g/mol. The van der Waals surface area contributed by atoms with Crippen molar-refractivity contribution in [3.05, 3.63) is 0 Å². The van der Waals surface area contributed by atoms with Gasteiger partial charge in [0.15, 0.2) is 0 Å². The molecule has 0 bridgehead atoms. The normalized spacial score (nSPS) is 38.1. The van der Waals surface area contributed by atoms with Crippen molar-refractivity contribution in [1.29, 1.82) is 0 Å². The molecule has 5 heteroatoms. The molecule has 2 unspecified atom stereocenters. The zero-order chi connectivity index (χ0) is 10.9. The van der Waals surface area contributed by atoms with Gasteiger partial charge in [-0.25, -0.2) is 0 Å². The fraction of sp³-hybridized carbons (Fsp3) is 0.900. The van der Waals surface area contributed by atoms with E-state index in [0.717, 1.165) is 43.9 Å². The van der Waals surface area contributed by atoms with Crippen LogP contribution in [-0.2, 0) is 4.79 Å². The van der Waals surface area contributed by atoms with Crippen molar-refractivity contribution in [3.63, 3.8) is 0 Å². The summed E-state index contributed by atoms with van der Waals surface area (Å²) in [5.41, 5.74) is 5.22. The molecule has 0 aromatic heterocycles. The van der Waals surface area contributed by atoms with Gasteiger partial charge < -0.3 is 10.8 Å². The van der Waals surface area contributed by atoms with Crippen LogP contribution in [0.15, 0.2) is 0 Å². The molecule has 86 valence electrons. The van der Waals surface area contributed by atoms with Gasteiger partial charge in [-0.15, -0.1) is 0 Å². The summed E-state index contributed by atoms with van der Waals surface area (Å²) in [5, 5.41) is 9.44. The minimum Gasteiger partial charge on any atom is -0.480 e. The van der Waals surface area contributed by atoms with Crippen molar-refractivity contribution in [2.75, 3.05) is 24.6 Å². The first-order valence-corrected chi connectivity index (χ1v) is 6.62. The molecule has 0 amide bonds. The molecule has 2 rings (SSSR count). The van der Waals surface area contributed by atoms with Crippen molar-refractivity contribution in [2.24, 2.45) is 5.73 Å². The van der Waals surface area contributed by atoms with E-state index >= 15 is 0 Å². The fourth-order valence-electron chi connectivity index (χ4n) is 2.51. The van der Waals surface area contributed by atoms with Gasteiger partial charge in [0.25, 0.3) is 0 Å². The van der Waals surface area contributed by atoms with Crippen LogP contribution in [0.3, 0.4) is 0 Å². The van der Waals surface area contributed by atoms with Crippen LogP contribution in [-0.4, -0.2) is 52.2 Å². The lowest BCUT2D eigenvalue weighted by molar-refractivity contribution is -0.150. The van der Waals surface area contributed by atoms with Crippen LogP contribution in [0.4, 0.5) is 0 Å². The standard InChI is InChI=1S/C10H18N2O2S/c11-8-2-4-12(6-8)10(9(13)14)3-1-5-15-7-10/h8H,1-7,11H2,(H,13,14). The van der Waals surface area contributed by atoms with E-state index in [9.17, 15) is 9.90 Å².